The summed E-state index contributed by atoms with van der Waals surface area (Å²) in [6.45, 7) is 11.9. The average Bonchev–Trinajstić information content (AvgIpc) is 2.60. The zero-order chi connectivity index (χ0) is 20.2. The molecule has 0 saturated heterocycles. The van der Waals surface area contributed by atoms with Crippen molar-refractivity contribution in [2.45, 2.75) is 92.4 Å². The fourth-order valence-electron chi connectivity index (χ4n) is 3.79. The van der Waals surface area contributed by atoms with Gasteiger partial charge < -0.3 is 9.47 Å². The van der Waals surface area contributed by atoms with Crippen LogP contribution in [0.25, 0.3) is 0 Å². The minimum Gasteiger partial charge on any atom is -0.465 e. The number of esters is 2. The Kier molecular flexibility index (Phi) is 11.7. The molecule has 0 aromatic carbocycles. The molecule has 1 aliphatic rings. The second kappa shape index (κ2) is 13.2. The molecule has 158 valence electrons. The Hall–Kier alpha value is -1.06. The van der Waals surface area contributed by atoms with Gasteiger partial charge in [0, 0.05) is 0 Å². The Morgan fingerprint density at radius 1 is 0.778 bits per heavy atom. The van der Waals surface area contributed by atoms with Gasteiger partial charge in [0.15, 0.2) is 0 Å². The zero-order valence-electron chi connectivity index (χ0n) is 18.3. The predicted molar refractivity (Wildman–Crippen MR) is 109 cm³/mol. The third kappa shape index (κ3) is 10.2. The number of carbonyl (C=O) groups excluding carboxylic acids is 2. The highest BCUT2D eigenvalue weighted by Gasteiger charge is 2.40. The fraction of sp³-hybridized carbons (Fsp3) is 0.913. The van der Waals surface area contributed by atoms with Gasteiger partial charge in [-0.25, -0.2) is 0 Å². The van der Waals surface area contributed by atoms with Crippen LogP contribution in [0, 0.1) is 29.6 Å². The first-order chi connectivity index (χ1) is 12.8. The fourth-order valence-corrected chi connectivity index (χ4v) is 3.79. The standard InChI is InChI=1S/C23H42O4/c1-17(2)10-6-8-14-26-22(24)20-13-12-19(5)16-21(20)23(25)27-15-9-7-11-18(3)4/h17-21H,6-16H2,1-5H3. The molecule has 1 aliphatic carbocycles. The van der Waals surface area contributed by atoms with E-state index >= 15 is 0 Å². The molecule has 0 aromatic heterocycles. The number of hydrogen-bond donors (Lipinski definition) is 0. The molecule has 1 rings (SSSR count). The molecule has 1 saturated carbocycles. The number of carbonyl (C=O) groups is 2. The molecule has 0 aromatic rings. The van der Waals surface area contributed by atoms with Crippen molar-refractivity contribution in [2.75, 3.05) is 13.2 Å². The minimum atomic E-state index is -0.331. The highest BCUT2D eigenvalue weighted by Crippen LogP contribution is 2.35. The van der Waals surface area contributed by atoms with Crippen LogP contribution in [0.4, 0.5) is 0 Å². The van der Waals surface area contributed by atoms with E-state index in [0.717, 1.165) is 57.8 Å². The van der Waals surface area contributed by atoms with Gasteiger partial charge in [-0.1, -0.05) is 47.5 Å². The first kappa shape index (κ1) is 24.0. The van der Waals surface area contributed by atoms with Crippen molar-refractivity contribution >= 4 is 11.9 Å². The molecule has 4 heteroatoms. The number of rotatable bonds is 12. The second-order valence-corrected chi connectivity index (χ2v) is 9.25. The normalized spacial score (nSPS) is 22.9. The van der Waals surface area contributed by atoms with Crippen molar-refractivity contribution in [1.29, 1.82) is 0 Å². The summed E-state index contributed by atoms with van der Waals surface area (Å²) >= 11 is 0. The third-order valence-electron chi connectivity index (χ3n) is 5.56. The summed E-state index contributed by atoms with van der Waals surface area (Å²) in [4.78, 5) is 25.1. The summed E-state index contributed by atoms with van der Waals surface area (Å²) < 4.78 is 11.0. The van der Waals surface area contributed by atoms with Crippen molar-refractivity contribution in [3.05, 3.63) is 0 Å². The lowest BCUT2D eigenvalue weighted by molar-refractivity contribution is -0.163. The Labute approximate surface area is 166 Å². The first-order valence-corrected chi connectivity index (χ1v) is 11.1. The monoisotopic (exact) mass is 382 g/mol. The van der Waals surface area contributed by atoms with Gasteiger partial charge in [-0.3, -0.25) is 9.59 Å². The van der Waals surface area contributed by atoms with Gasteiger partial charge in [0.25, 0.3) is 0 Å². The second-order valence-electron chi connectivity index (χ2n) is 9.25. The van der Waals surface area contributed by atoms with Crippen LogP contribution in [0.3, 0.4) is 0 Å². The summed E-state index contributed by atoms with van der Waals surface area (Å²) in [6, 6.07) is 0. The van der Waals surface area contributed by atoms with Crippen molar-refractivity contribution in [1.82, 2.24) is 0 Å². The maximum absolute atomic E-state index is 12.6. The maximum Gasteiger partial charge on any atom is 0.309 e. The van der Waals surface area contributed by atoms with Gasteiger partial charge in [0.05, 0.1) is 25.0 Å². The van der Waals surface area contributed by atoms with Crippen molar-refractivity contribution in [3.8, 4) is 0 Å². The van der Waals surface area contributed by atoms with Crippen LogP contribution in [-0.4, -0.2) is 25.2 Å². The molecule has 1 fully saturated rings. The maximum atomic E-state index is 12.6. The first-order valence-electron chi connectivity index (χ1n) is 11.1. The van der Waals surface area contributed by atoms with Crippen LogP contribution in [0.5, 0.6) is 0 Å². The summed E-state index contributed by atoms with van der Waals surface area (Å²) in [6.07, 6.45) is 8.72. The van der Waals surface area contributed by atoms with E-state index in [2.05, 4.69) is 34.6 Å². The molecular formula is C23H42O4. The van der Waals surface area contributed by atoms with Gasteiger partial charge in [-0.2, -0.15) is 0 Å². The van der Waals surface area contributed by atoms with Crippen molar-refractivity contribution in [2.24, 2.45) is 29.6 Å². The molecule has 0 aliphatic heterocycles. The number of ether oxygens (including phenoxy) is 2. The van der Waals surface area contributed by atoms with E-state index in [9.17, 15) is 9.59 Å². The van der Waals surface area contributed by atoms with Crippen LogP contribution >= 0.6 is 0 Å². The van der Waals surface area contributed by atoms with Crippen LogP contribution in [-0.2, 0) is 19.1 Å². The molecule has 27 heavy (non-hydrogen) atoms. The van der Waals surface area contributed by atoms with Crippen LogP contribution in [0.15, 0.2) is 0 Å². The number of hydrogen-bond acceptors (Lipinski definition) is 4. The van der Waals surface area contributed by atoms with E-state index in [1.807, 2.05) is 0 Å². The molecule has 0 N–H and O–H groups in total. The molecular weight excluding hydrogens is 340 g/mol. The lowest BCUT2D eigenvalue weighted by Crippen LogP contribution is -2.37. The van der Waals surface area contributed by atoms with E-state index in [1.54, 1.807) is 0 Å². The van der Waals surface area contributed by atoms with Crippen molar-refractivity contribution < 1.29 is 19.1 Å². The highest BCUT2D eigenvalue weighted by molar-refractivity contribution is 5.82. The van der Waals surface area contributed by atoms with Crippen molar-refractivity contribution in [3.63, 3.8) is 0 Å². The summed E-state index contributed by atoms with van der Waals surface area (Å²) in [5.41, 5.74) is 0. The lowest BCUT2D eigenvalue weighted by Gasteiger charge is -2.31. The van der Waals surface area contributed by atoms with Gasteiger partial charge >= 0.3 is 11.9 Å². The molecule has 3 unspecified atom stereocenters. The smallest absolute Gasteiger partial charge is 0.309 e. The number of unbranched alkanes of at least 4 members (excludes halogenated alkanes) is 2. The Morgan fingerprint density at radius 3 is 1.74 bits per heavy atom. The Balaban J connectivity index is 2.41. The van der Waals surface area contributed by atoms with Gasteiger partial charge in [0.1, 0.15) is 0 Å². The van der Waals surface area contributed by atoms with E-state index in [-0.39, 0.29) is 23.8 Å². The quantitative estimate of drug-likeness (QED) is 0.317. The Bertz CT molecular complexity index is 430. The van der Waals surface area contributed by atoms with E-state index in [1.165, 1.54) is 0 Å². The molecule has 0 heterocycles. The predicted octanol–water partition coefficient (Wildman–Crippen LogP) is 5.78. The molecule has 0 bridgehead atoms. The molecule has 0 spiro atoms. The highest BCUT2D eigenvalue weighted by atomic mass is 16.5. The molecule has 0 amide bonds. The van der Waals surface area contributed by atoms with Gasteiger partial charge in [-0.05, 0) is 62.7 Å². The van der Waals surface area contributed by atoms with E-state index in [4.69, 9.17) is 9.47 Å². The SMILES string of the molecule is CC(C)CCCCOC(=O)C1CCC(C)CC1C(=O)OCCCCC(C)C. The van der Waals surface area contributed by atoms with E-state index < -0.39 is 0 Å². The summed E-state index contributed by atoms with van der Waals surface area (Å²) in [7, 11) is 0. The topological polar surface area (TPSA) is 52.6 Å². The summed E-state index contributed by atoms with van der Waals surface area (Å²) in [5.74, 6) is 0.760. The minimum absolute atomic E-state index is 0.201. The van der Waals surface area contributed by atoms with E-state index in [0.29, 0.717) is 31.0 Å². The average molecular weight is 383 g/mol. The Morgan fingerprint density at radius 2 is 1.26 bits per heavy atom. The molecule has 4 nitrogen and oxygen atoms in total. The van der Waals surface area contributed by atoms with Crippen LogP contribution < -0.4 is 0 Å². The third-order valence-corrected chi connectivity index (χ3v) is 5.56. The van der Waals surface area contributed by atoms with Crippen LogP contribution in [0.1, 0.15) is 92.4 Å². The van der Waals surface area contributed by atoms with Gasteiger partial charge in [0.2, 0.25) is 0 Å². The van der Waals surface area contributed by atoms with Gasteiger partial charge in [-0.15, -0.1) is 0 Å². The lowest BCUT2D eigenvalue weighted by atomic mass is 9.74. The van der Waals surface area contributed by atoms with Crippen LogP contribution in [0.2, 0.25) is 0 Å². The molecule has 0 radical (unpaired) electrons. The molecule has 3 atom stereocenters. The zero-order valence-corrected chi connectivity index (χ0v) is 18.3. The largest absolute Gasteiger partial charge is 0.465 e. The summed E-state index contributed by atoms with van der Waals surface area (Å²) in [5, 5.41) is 0.